The monoisotopic (exact) mass is 377 g/mol. The predicted molar refractivity (Wildman–Crippen MR) is 110 cm³/mol. The van der Waals surface area contributed by atoms with E-state index in [1.807, 2.05) is 68.0 Å². The minimum absolute atomic E-state index is 0.1000. The molecule has 1 aromatic heterocycles. The van der Waals surface area contributed by atoms with E-state index >= 15 is 0 Å². The zero-order valence-corrected chi connectivity index (χ0v) is 17.0. The summed E-state index contributed by atoms with van der Waals surface area (Å²) in [5, 5.41) is 7.29. The molecule has 0 saturated carbocycles. The normalized spacial score (nSPS) is 10.7. The fourth-order valence-electron chi connectivity index (χ4n) is 3.18. The van der Waals surface area contributed by atoms with Crippen LogP contribution in [0.15, 0.2) is 48.7 Å². The molecule has 146 valence electrons. The molecule has 1 heterocycles. The van der Waals surface area contributed by atoms with Crippen LogP contribution in [0.4, 0.5) is 0 Å². The van der Waals surface area contributed by atoms with E-state index in [2.05, 4.69) is 23.4 Å². The van der Waals surface area contributed by atoms with Crippen LogP contribution in [-0.4, -0.2) is 15.7 Å². The van der Waals surface area contributed by atoms with Crippen LogP contribution in [0.3, 0.4) is 0 Å². The van der Waals surface area contributed by atoms with Crippen molar-refractivity contribution in [3.05, 3.63) is 82.2 Å². The first-order chi connectivity index (χ1) is 13.5. The number of ether oxygens (including phenoxy) is 1. The number of nitrogens with one attached hydrogen (secondary N) is 1. The fourth-order valence-corrected chi connectivity index (χ4v) is 3.18. The first-order valence-corrected chi connectivity index (χ1v) is 9.56. The van der Waals surface area contributed by atoms with Gasteiger partial charge in [-0.1, -0.05) is 29.8 Å². The minimum atomic E-state index is -0.1000. The Kier molecular flexibility index (Phi) is 6.14. The van der Waals surface area contributed by atoms with Crippen LogP contribution < -0.4 is 10.1 Å². The lowest BCUT2D eigenvalue weighted by Crippen LogP contribution is -2.23. The van der Waals surface area contributed by atoms with Crippen LogP contribution in [0.5, 0.6) is 5.75 Å². The highest BCUT2D eigenvalue weighted by Crippen LogP contribution is 2.20. The van der Waals surface area contributed by atoms with Gasteiger partial charge in [-0.25, -0.2) is 0 Å². The zero-order valence-electron chi connectivity index (χ0n) is 17.0. The summed E-state index contributed by atoms with van der Waals surface area (Å²) in [6, 6.07) is 13.7. The molecule has 3 aromatic rings. The second-order valence-corrected chi connectivity index (χ2v) is 7.01. The van der Waals surface area contributed by atoms with Crippen molar-refractivity contribution in [3.63, 3.8) is 0 Å². The number of benzene rings is 2. The molecule has 0 saturated heterocycles. The molecule has 0 unspecified atom stereocenters. The Bertz CT molecular complexity index is 976. The number of amides is 1. The van der Waals surface area contributed by atoms with E-state index < -0.39 is 0 Å². The fraction of sp³-hybridized carbons (Fsp3) is 0.304. The Morgan fingerprint density at radius 3 is 2.68 bits per heavy atom. The molecule has 0 radical (unpaired) electrons. The predicted octanol–water partition coefficient (Wildman–Crippen LogP) is 4.34. The van der Waals surface area contributed by atoms with Crippen LogP contribution in [-0.2, 0) is 19.7 Å². The van der Waals surface area contributed by atoms with E-state index in [0.29, 0.717) is 18.7 Å². The highest BCUT2D eigenvalue weighted by atomic mass is 16.5. The summed E-state index contributed by atoms with van der Waals surface area (Å²) in [6.45, 7) is 9.88. The van der Waals surface area contributed by atoms with Crippen molar-refractivity contribution in [1.82, 2.24) is 15.1 Å². The molecule has 2 aromatic carbocycles. The van der Waals surface area contributed by atoms with E-state index in [1.54, 1.807) is 0 Å². The Labute approximate surface area is 166 Å². The van der Waals surface area contributed by atoms with Gasteiger partial charge in [0.05, 0.1) is 6.20 Å². The van der Waals surface area contributed by atoms with Crippen LogP contribution >= 0.6 is 0 Å². The molecule has 3 rings (SSSR count). The molecule has 0 fully saturated rings. The molecule has 5 nitrogen and oxygen atoms in total. The van der Waals surface area contributed by atoms with E-state index in [0.717, 1.165) is 34.7 Å². The average Bonchev–Trinajstić information content (AvgIpc) is 3.05. The molecule has 0 spiro atoms. The Morgan fingerprint density at radius 1 is 1.14 bits per heavy atom. The molecular weight excluding hydrogens is 350 g/mol. The number of carbonyl (C=O) groups excluding carboxylic acids is 1. The van der Waals surface area contributed by atoms with Gasteiger partial charge >= 0.3 is 0 Å². The van der Waals surface area contributed by atoms with Crippen molar-refractivity contribution >= 4 is 5.91 Å². The number of hydrogen-bond donors (Lipinski definition) is 1. The van der Waals surface area contributed by atoms with Crippen molar-refractivity contribution in [2.75, 3.05) is 0 Å². The van der Waals surface area contributed by atoms with Crippen molar-refractivity contribution in [3.8, 4) is 5.75 Å². The standard InChI is InChI=1S/C23H27N3O2/c1-5-26-18(4)21(14-25-26)13-24-23(27)20-8-6-7-19(12-20)15-28-22-10-9-16(2)11-17(22)3/h6-12,14H,5,13,15H2,1-4H3,(H,24,27). The molecule has 0 bridgehead atoms. The number of aromatic nitrogens is 2. The summed E-state index contributed by atoms with van der Waals surface area (Å²) in [4.78, 5) is 12.5. The number of carbonyl (C=O) groups is 1. The highest BCUT2D eigenvalue weighted by molar-refractivity contribution is 5.94. The minimum Gasteiger partial charge on any atom is -0.489 e. The number of hydrogen-bond acceptors (Lipinski definition) is 3. The maximum Gasteiger partial charge on any atom is 0.251 e. The third-order valence-electron chi connectivity index (χ3n) is 4.86. The topological polar surface area (TPSA) is 56.2 Å². The van der Waals surface area contributed by atoms with Gasteiger partial charge in [0, 0.05) is 29.9 Å². The van der Waals surface area contributed by atoms with Crippen molar-refractivity contribution in [1.29, 1.82) is 0 Å². The summed E-state index contributed by atoms with van der Waals surface area (Å²) in [6.07, 6.45) is 1.81. The van der Waals surface area contributed by atoms with Gasteiger partial charge in [0.25, 0.3) is 5.91 Å². The molecular formula is C23H27N3O2. The Balaban J connectivity index is 1.61. The number of aryl methyl sites for hydroxylation is 3. The average molecular weight is 377 g/mol. The maximum absolute atomic E-state index is 12.5. The second-order valence-electron chi connectivity index (χ2n) is 7.01. The third-order valence-corrected chi connectivity index (χ3v) is 4.86. The Morgan fingerprint density at radius 2 is 1.96 bits per heavy atom. The van der Waals surface area contributed by atoms with Crippen molar-refractivity contribution in [2.24, 2.45) is 0 Å². The smallest absolute Gasteiger partial charge is 0.251 e. The van der Waals surface area contributed by atoms with Gasteiger partial charge in [0.1, 0.15) is 12.4 Å². The molecule has 0 aliphatic carbocycles. The molecule has 28 heavy (non-hydrogen) atoms. The second kappa shape index (κ2) is 8.74. The van der Waals surface area contributed by atoms with Gasteiger partial charge in [-0.2, -0.15) is 5.10 Å². The quantitative estimate of drug-likeness (QED) is 0.666. The van der Waals surface area contributed by atoms with E-state index in [4.69, 9.17) is 4.74 Å². The van der Waals surface area contributed by atoms with Gasteiger partial charge in [-0.3, -0.25) is 9.48 Å². The first kappa shape index (κ1) is 19.7. The molecule has 0 aliphatic heterocycles. The van der Waals surface area contributed by atoms with Crippen molar-refractivity contribution < 1.29 is 9.53 Å². The molecule has 0 atom stereocenters. The molecule has 1 N–H and O–H groups in total. The van der Waals surface area contributed by atoms with Crippen LogP contribution in [0.25, 0.3) is 0 Å². The van der Waals surface area contributed by atoms with E-state index in [-0.39, 0.29) is 5.91 Å². The maximum atomic E-state index is 12.5. The lowest BCUT2D eigenvalue weighted by Gasteiger charge is -2.11. The summed E-state index contributed by atoms with van der Waals surface area (Å²) in [5.74, 6) is 0.765. The molecule has 5 heteroatoms. The largest absolute Gasteiger partial charge is 0.489 e. The van der Waals surface area contributed by atoms with Gasteiger partial charge in [0.2, 0.25) is 0 Å². The third kappa shape index (κ3) is 4.60. The van der Waals surface area contributed by atoms with Crippen LogP contribution in [0.1, 0.15) is 45.2 Å². The van der Waals surface area contributed by atoms with Gasteiger partial charge < -0.3 is 10.1 Å². The lowest BCUT2D eigenvalue weighted by molar-refractivity contribution is 0.0950. The van der Waals surface area contributed by atoms with Gasteiger partial charge in [-0.05, 0) is 57.0 Å². The van der Waals surface area contributed by atoms with Gasteiger partial charge in [-0.15, -0.1) is 0 Å². The first-order valence-electron chi connectivity index (χ1n) is 9.56. The summed E-state index contributed by atoms with van der Waals surface area (Å²) >= 11 is 0. The van der Waals surface area contributed by atoms with E-state index in [1.165, 1.54) is 5.56 Å². The SMILES string of the molecule is CCn1ncc(CNC(=O)c2cccc(COc3ccc(C)cc3C)c2)c1C. The number of nitrogens with zero attached hydrogens (tertiary/aromatic N) is 2. The van der Waals surface area contributed by atoms with Crippen molar-refractivity contribution in [2.45, 2.75) is 47.4 Å². The lowest BCUT2D eigenvalue weighted by atomic mass is 10.1. The highest BCUT2D eigenvalue weighted by Gasteiger charge is 2.10. The zero-order chi connectivity index (χ0) is 20.1. The molecule has 0 aliphatic rings. The summed E-state index contributed by atoms with van der Waals surface area (Å²) in [7, 11) is 0. The van der Waals surface area contributed by atoms with Gasteiger partial charge in [0.15, 0.2) is 0 Å². The van der Waals surface area contributed by atoms with E-state index in [9.17, 15) is 4.79 Å². The molecule has 1 amide bonds. The Hall–Kier alpha value is -3.08. The van der Waals surface area contributed by atoms with Crippen LogP contribution in [0.2, 0.25) is 0 Å². The summed E-state index contributed by atoms with van der Waals surface area (Å²) in [5.41, 5.74) is 6.02. The number of rotatable bonds is 7. The summed E-state index contributed by atoms with van der Waals surface area (Å²) < 4.78 is 7.85. The van der Waals surface area contributed by atoms with Crippen LogP contribution in [0, 0.1) is 20.8 Å².